The molecule has 0 aromatic rings. The monoisotopic (exact) mass is 422 g/mol. The summed E-state index contributed by atoms with van der Waals surface area (Å²) in [5.74, 6) is 0.805. The van der Waals surface area contributed by atoms with Gasteiger partial charge in [0.25, 0.3) is 0 Å². The first-order valence-electron chi connectivity index (χ1n) is 7.48. The van der Waals surface area contributed by atoms with Gasteiger partial charge in [-0.05, 0) is 12.8 Å². The van der Waals surface area contributed by atoms with E-state index in [0.29, 0.717) is 6.54 Å². The molecule has 1 unspecified atom stereocenters. The number of hydrogen-bond donors (Lipinski definition) is 1. The summed E-state index contributed by atoms with van der Waals surface area (Å²) < 4.78 is 5.56. The van der Waals surface area contributed by atoms with Crippen LogP contribution in [0.3, 0.4) is 0 Å². The Kier molecular flexibility index (Phi) is 7.61. The molecule has 2 saturated heterocycles. The first-order chi connectivity index (χ1) is 10.1. The Hall–Kier alpha value is -0.830. The number of aliphatic imine (C=N–C) groups is 1. The van der Waals surface area contributed by atoms with Crippen molar-refractivity contribution < 1.29 is 9.53 Å². The van der Waals surface area contributed by atoms with Crippen LogP contribution in [-0.4, -0.2) is 75.2 Å². The molecule has 2 fully saturated rings. The van der Waals surface area contributed by atoms with Crippen LogP contribution in [-0.2, 0) is 9.53 Å². The van der Waals surface area contributed by atoms with Gasteiger partial charge in [-0.25, -0.2) is 4.99 Å². The lowest BCUT2D eigenvalue weighted by Gasteiger charge is -2.25. The van der Waals surface area contributed by atoms with Gasteiger partial charge in [0.2, 0.25) is 5.91 Å². The third-order valence-corrected chi connectivity index (χ3v) is 4.19. The quantitative estimate of drug-likeness (QED) is 0.317. The number of carbonyl (C=O) groups is 1. The first-order valence-corrected chi connectivity index (χ1v) is 7.48. The SMILES string of the molecule is C=CCNC(=NCC(=O)N(C)C)N1CCC2(CCOC2)C1.I. The highest BCUT2D eigenvalue weighted by molar-refractivity contribution is 14.0. The minimum atomic E-state index is 0. The second-order valence-electron chi connectivity index (χ2n) is 6.07. The van der Waals surface area contributed by atoms with Crippen LogP contribution in [0, 0.1) is 5.41 Å². The van der Waals surface area contributed by atoms with Gasteiger partial charge in [0.1, 0.15) is 6.54 Å². The van der Waals surface area contributed by atoms with Gasteiger partial charge in [-0.3, -0.25) is 4.79 Å². The van der Waals surface area contributed by atoms with E-state index in [2.05, 4.69) is 21.8 Å². The van der Waals surface area contributed by atoms with Crippen LogP contribution in [0.25, 0.3) is 0 Å². The van der Waals surface area contributed by atoms with Crippen molar-refractivity contribution in [2.24, 2.45) is 10.4 Å². The predicted octanol–water partition coefficient (Wildman–Crippen LogP) is 0.937. The first kappa shape index (κ1) is 19.2. The third-order valence-electron chi connectivity index (χ3n) is 4.19. The Bertz CT molecular complexity index is 420. The molecule has 2 rings (SSSR count). The van der Waals surface area contributed by atoms with Crippen LogP contribution in [0.5, 0.6) is 0 Å². The van der Waals surface area contributed by atoms with E-state index in [1.54, 1.807) is 25.1 Å². The van der Waals surface area contributed by atoms with Crippen molar-refractivity contribution in [3.63, 3.8) is 0 Å². The molecule has 126 valence electrons. The zero-order valence-electron chi connectivity index (χ0n) is 13.5. The van der Waals surface area contributed by atoms with Gasteiger partial charge < -0.3 is 19.9 Å². The molecule has 1 atom stereocenters. The molecule has 1 N–H and O–H groups in total. The van der Waals surface area contributed by atoms with Crippen LogP contribution >= 0.6 is 24.0 Å². The molecular weight excluding hydrogens is 395 g/mol. The molecule has 2 heterocycles. The van der Waals surface area contributed by atoms with Crippen LogP contribution in [0.2, 0.25) is 0 Å². The van der Waals surface area contributed by atoms with E-state index in [0.717, 1.165) is 45.1 Å². The summed E-state index contributed by atoms with van der Waals surface area (Å²) in [6, 6.07) is 0. The van der Waals surface area contributed by atoms with Crippen molar-refractivity contribution in [2.45, 2.75) is 12.8 Å². The molecule has 2 aliphatic rings. The Balaban J connectivity index is 0.00000242. The van der Waals surface area contributed by atoms with Crippen LogP contribution in [0.15, 0.2) is 17.6 Å². The fraction of sp³-hybridized carbons (Fsp3) is 0.733. The average Bonchev–Trinajstić information content (AvgIpc) is 3.09. The standard InChI is InChI=1S/C15H26N4O2.HI/c1-4-7-16-14(17-10-13(20)18(2)3)19-8-5-15(11-19)6-9-21-12-15;/h4H,1,5-12H2,2-3H3,(H,16,17);1H. The molecule has 0 radical (unpaired) electrons. The number of guanidine groups is 1. The highest BCUT2D eigenvalue weighted by atomic mass is 127. The van der Waals surface area contributed by atoms with Crippen molar-refractivity contribution >= 4 is 35.8 Å². The number of carbonyl (C=O) groups excluding carboxylic acids is 1. The van der Waals surface area contributed by atoms with E-state index < -0.39 is 0 Å². The minimum Gasteiger partial charge on any atom is -0.381 e. The molecule has 1 amide bonds. The van der Waals surface area contributed by atoms with Crippen LogP contribution in [0.4, 0.5) is 0 Å². The number of rotatable bonds is 4. The molecule has 0 bridgehead atoms. The molecular formula is C15H27IN4O2. The van der Waals surface area contributed by atoms with Gasteiger partial charge in [0.05, 0.1) is 6.61 Å². The normalized spacial score (nSPS) is 24.3. The zero-order valence-corrected chi connectivity index (χ0v) is 15.8. The second kappa shape index (κ2) is 8.71. The Morgan fingerprint density at radius 3 is 2.86 bits per heavy atom. The number of likely N-dealkylation sites (tertiary alicyclic amines) is 1. The van der Waals surface area contributed by atoms with Crippen molar-refractivity contribution in [3.8, 4) is 0 Å². The molecule has 0 aliphatic carbocycles. The van der Waals surface area contributed by atoms with Crippen LogP contribution in [0.1, 0.15) is 12.8 Å². The number of likely N-dealkylation sites (N-methyl/N-ethyl adjacent to an activating group) is 1. The third kappa shape index (κ3) is 4.84. The maximum Gasteiger partial charge on any atom is 0.243 e. The fourth-order valence-corrected chi connectivity index (χ4v) is 2.80. The highest BCUT2D eigenvalue weighted by Gasteiger charge is 2.42. The Morgan fingerprint density at radius 1 is 1.50 bits per heavy atom. The lowest BCUT2D eigenvalue weighted by molar-refractivity contribution is -0.127. The van der Waals surface area contributed by atoms with Gasteiger partial charge in [-0.2, -0.15) is 0 Å². The zero-order chi connectivity index (χ0) is 15.3. The van der Waals surface area contributed by atoms with Gasteiger partial charge in [0, 0.05) is 45.8 Å². The average molecular weight is 422 g/mol. The lowest BCUT2D eigenvalue weighted by Crippen LogP contribution is -2.42. The van der Waals surface area contributed by atoms with E-state index in [9.17, 15) is 4.79 Å². The summed E-state index contributed by atoms with van der Waals surface area (Å²) in [5, 5.41) is 3.26. The molecule has 6 nitrogen and oxygen atoms in total. The number of amides is 1. The van der Waals surface area contributed by atoms with Crippen molar-refractivity contribution in [1.29, 1.82) is 0 Å². The molecule has 2 aliphatic heterocycles. The predicted molar refractivity (Wildman–Crippen MR) is 98.7 cm³/mol. The summed E-state index contributed by atoms with van der Waals surface area (Å²) in [7, 11) is 3.49. The number of hydrogen-bond acceptors (Lipinski definition) is 3. The molecule has 22 heavy (non-hydrogen) atoms. The van der Waals surface area contributed by atoms with Gasteiger partial charge in [0.15, 0.2) is 5.96 Å². The van der Waals surface area contributed by atoms with E-state index in [1.807, 2.05) is 0 Å². The van der Waals surface area contributed by atoms with Gasteiger partial charge in [-0.1, -0.05) is 6.08 Å². The largest absolute Gasteiger partial charge is 0.381 e. The summed E-state index contributed by atoms with van der Waals surface area (Å²) in [6.07, 6.45) is 4.05. The fourth-order valence-electron chi connectivity index (χ4n) is 2.80. The van der Waals surface area contributed by atoms with E-state index in [4.69, 9.17) is 4.74 Å². The summed E-state index contributed by atoms with van der Waals surface area (Å²) in [6.45, 7) is 8.16. The summed E-state index contributed by atoms with van der Waals surface area (Å²) in [4.78, 5) is 20.0. The van der Waals surface area contributed by atoms with Gasteiger partial charge in [-0.15, -0.1) is 30.6 Å². The number of halogens is 1. The number of ether oxygens (including phenoxy) is 1. The number of nitrogens with zero attached hydrogens (tertiary/aromatic N) is 3. The van der Waals surface area contributed by atoms with Crippen molar-refractivity contribution in [3.05, 3.63) is 12.7 Å². The van der Waals surface area contributed by atoms with E-state index in [-0.39, 0.29) is 41.8 Å². The Labute approximate surface area is 150 Å². The summed E-state index contributed by atoms with van der Waals surface area (Å²) in [5.41, 5.74) is 0.280. The van der Waals surface area contributed by atoms with Crippen LogP contribution < -0.4 is 5.32 Å². The highest BCUT2D eigenvalue weighted by Crippen LogP contribution is 2.38. The van der Waals surface area contributed by atoms with Crippen molar-refractivity contribution in [2.75, 3.05) is 53.5 Å². The minimum absolute atomic E-state index is 0. The lowest BCUT2D eigenvalue weighted by atomic mass is 9.87. The topological polar surface area (TPSA) is 57.2 Å². The molecule has 0 aromatic heterocycles. The molecule has 1 spiro atoms. The molecule has 7 heteroatoms. The second-order valence-corrected chi connectivity index (χ2v) is 6.07. The maximum absolute atomic E-state index is 11.7. The Morgan fingerprint density at radius 2 is 2.27 bits per heavy atom. The van der Waals surface area contributed by atoms with Crippen molar-refractivity contribution in [1.82, 2.24) is 15.1 Å². The van der Waals surface area contributed by atoms with E-state index >= 15 is 0 Å². The number of nitrogens with one attached hydrogen (secondary N) is 1. The summed E-state index contributed by atoms with van der Waals surface area (Å²) >= 11 is 0. The molecule has 0 saturated carbocycles. The smallest absolute Gasteiger partial charge is 0.243 e. The van der Waals surface area contributed by atoms with E-state index in [1.165, 1.54) is 0 Å². The molecule has 0 aromatic carbocycles. The maximum atomic E-state index is 11.7. The van der Waals surface area contributed by atoms with Gasteiger partial charge >= 0.3 is 0 Å².